The summed E-state index contributed by atoms with van der Waals surface area (Å²) in [6.45, 7) is 4.15. The number of aliphatic carboxylic acids is 1. The molecule has 0 amide bonds. The van der Waals surface area contributed by atoms with Gasteiger partial charge in [-0.25, -0.2) is 0 Å². The fourth-order valence-corrected chi connectivity index (χ4v) is 4.66. The van der Waals surface area contributed by atoms with Crippen LogP contribution in [-0.2, 0) is 11.3 Å². The van der Waals surface area contributed by atoms with E-state index in [0.717, 1.165) is 41.5 Å². The summed E-state index contributed by atoms with van der Waals surface area (Å²) in [5.41, 5.74) is 0.827. The standard InChI is InChI=1S/C20H30N4O4S/c1-13-19(14(2)27-23-13)29-21-12-17-22-20(28-24-17)16(11-18(25)26)10-6-9-15-7-4-3-5-8-15/h15-16,21H,3-12H2,1-2H3,(H,25,26). The van der Waals surface area contributed by atoms with Gasteiger partial charge in [0.15, 0.2) is 5.82 Å². The molecule has 1 unspecified atom stereocenters. The number of carboxylic acid groups (broad SMARTS) is 1. The van der Waals surface area contributed by atoms with Crippen molar-refractivity contribution in [3.8, 4) is 0 Å². The van der Waals surface area contributed by atoms with Gasteiger partial charge in [0.05, 0.1) is 23.6 Å². The second kappa shape index (κ2) is 10.8. The van der Waals surface area contributed by atoms with Gasteiger partial charge in [0.25, 0.3) is 0 Å². The molecule has 2 N–H and O–H groups in total. The highest BCUT2D eigenvalue weighted by Gasteiger charge is 2.23. The van der Waals surface area contributed by atoms with Crippen molar-refractivity contribution in [2.24, 2.45) is 5.92 Å². The second-order valence-corrected chi connectivity index (χ2v) is 8.76. The van der Waals surface area contributed by atoms with Crippen LogP contribution in [0.15, 0.2) is 13.9 Å². The number of hydrogen-bond donors (Lipinski definition) is 2. The number of nitrogens with zero attached hydrogens (tertiary/aromatic N) is 3. The molecule has 29 heavy (non-hydrogen) atoms. The molecular formula is C20H30N4O4S. The molecule has 1 aliphatic rings. The molecule has 1 fully saturated rings. The highest BCUT2D eigenvalue weighted by Crippen LogP contribution is 2.31. The largest absolute Gasteiger partial charge is 0.481 e. The first-order valence-corrected chi connectivity index (χ1v) is 11.2. The second-order valence-electron chi connectivity index (χ2n) is 7.86. The molecule has 1 saturated carbocycles. The third-order valence-electron chi connectivity index (χ3n) is 5.52. The molecular weight excluding hydrogens is 392 g/mol. The van der Waals surface area contributed by atoms with E-state index in [0.29, 0.717) is 18.3 Å². The minimum absolute atomic E-state index is 0.0214. The van der Waals surface area contributed by atoms with Crippen molar-refractivity contribution < 1.29 is 18.9 Å². The molecule has 2 aromatic rings. The molecule has 1 aliphatic carbocycles. The molecule has 0 spiro atoms. The maximum Gasteiger partial charge on any atom is 0.304 e. The van der Waals surface area contributed by atoms with Crippen LogP contribution >= 0.6 is 11.9 Å². The van der Waals surface area contributed by atoms with Crippen LogP contribution in [0.25, 0.3) is 0 Å². The van der Waals surface area contributed by atoms with E-state index in [2.05, 4.69) is 20.0 Å². The summed E-state index contributed by atoms with van der Waals surface area (Å²) >= 11 is 1.41. The topological polar surface area (TPSA) is 114 Å². The van der Waals surface area contributed by atoms with E-state index in [1.54, 1.807) is 0 Å². The lowest BCUT2D eigenvalue weighted by atomic mass is 9.84. The molecule has 3 rings (SSSR count). The van der Waals surface area contributed by atoms with Gasteiger partial charge in [-0.3, -0.25) is 9.52 Å². The Morgan fingerprint density at radius 1 is 1.24 bits per heavy atom. The van der Waals surface area contributed by atoms with E-state index in [1.165, 1.54) is 44.1 Å². The SMILES string of the molecule is Cc1noc(C)c1SNCc1noc(C(CCCC2CCCCC2)CC(=O)O)n1. The van der Waals surface area contributed by atoms with Crippen molar-refractivity contribution in [2.75, 3.05) is 0 Å². The summed E-state index contributed by atoms with van der Waals surface area (Å²) in [6, 6.07) is 0. The lowest BCUT2D eigenvalue weighted by Gasteiger charge is -2.21. The van der Waals surface area contributed by atoms with Gasteiger partial charge in [0.1, 0.15) is 5.76 Å². The predicted molar refractivity (Wildman–Crippen MR) is 108 cm³/mol. The van der Waals surface area contributed by atoms with E-state index in [1.807, 2.05) is 13.8 Å². The minimum atomic E-state index is -0.834. The highest BCUT2D eigenvalue weighted by atomic mass is 32.2. The first-order valence-electron chi connectivity index (χ1n) is 10.4. The molecule has 9 heteroatoms. The Morgan fingerprint density at radius 2 is 2.03 bits per heavy atom. The normalized spacial score (nSPS) is 16.2. The molecule has 0 bridgehead atoms. The molecule has 8 nitrogen and oxygen atoms in total. The fraction of sp³-hybridized carbons (Fsp3) is 0.700. The molecule has 1 atom stereocenters. The van der Waals surface area contributed by atoms with Crippen LogP contribution in [-0.4, -0.2) is 26.4 Å². The van der Waals surface area contributed by atoms with Gasteiger partial charge in [-0.1, -0.05) is 55.3 Å². The van der Waals surface area contributed by atoms with Crippen LogP contribution in [0.5, 0.6) is 0 Å². The van der Waals surface area contributed by atoms with E-state index in [4.69, 9.17) is 9.05 Å². The molecule has 0 radical (unpaired) electrons. The number of nitrogens with one attached hydrogen (secondary N) is 1. The molecule has 2 heterocycles. The van der Waals surface area contributed by atoms with Gasteiger partial charge in [0, 0.05) is 5.92 Å². The Kier molecular flexibility index (Phi) is 8.11. The van der Waals surface area contributed by atoms with E-state index in [9.17, 15) is 9.90 Å². The molecule has 160 valence electrons. The summed E-state index contributed by atoms with van der Waals surface area (Å²) in [4.78, 5) is 16.7. The van der Waals surface area contributed by atoms with E-state index < -0.39 is 5.97 Å². The van der Waals surface area contributed by atoms with Gasteiger partial charge < -0.3 is 14.2 Å². The number of aromatic nitrogens is 3. The quantitative estimate of drug-likeness (QED) is 0.494. The average Bonchev–Trinajstić information content (AvgIpc) is 3.29. The number of aryl methyl sites for hydroxylation is 2. The Hall–Kier alpha value is -1.87. The lowest BCUT2D eigenvalue weighted by molar-refractivity contribution is -0.137. The Balaban J connectivity index is 1.50. The number of carbonyl (C=O) groups is 1. The zero-order chi connectivity index (χ0) is 20.6. The summed E-state index contributed by atoms with van der Waals surface area (Å²) in [6.07, 6.45) is 9.58. The van der Waals surface area contributed by atoms with Crippen molar-refractivity contribution in [1.82, 2.24) is 20.0 Å². The molecule has 0 saturated heterocycles. The van der Waals surface area contributed by atoms with Crippen molar-refractivity contribution in [1.29, 1.82) is 0 Å². The van der Waals surface area contributed by atoms with Crippen LogP contribution in [0.3, 0.4) is 0 Å². The number of carboxylic acids is 1. The third kappa shape index (κ3) is 6.57. The van der Waals surface area contributed by atoms with Crippen LogP contribution in [0.2, 0.25) is 0 Å². The predicted octanol–water partition coefficient (Wildman–Crippen LogP) is 4.78. The molecule has 2 aromatic heterocycles. The van der Waals surface area contributed by atoms with Gasteiger partial charge in [-0.2, -0.15) is 4.98 Å². The molecule has 0 aromatic carbocycles. The fourth-order valence-electron chi connectivity index (χ4n) is 3.95. The maximum atomic E-state index is 11.3. The monoisotopic (exact) mass is 422 g/mol. The van der Waals surface area contributed by atoms with Crippen LogP contribution in [0.1, 0.15) is 86.9 Å². The number of rotatable bonds is 11. The summed E-state index contributed by atoms with van der Waals surface area (Å²) in [5, 5.41) is 17.2. The van der Waals surface area contributed by atoms with Gasteiger partial charge in [-0.15, -0.1) is 0 Å². The van der Waals surface area contributed by atoms with Crippen LogP contribution in [0, 0.1) is 19.8 Å². The van der Waals surface area contributed by atoms with Crippen molar-refractivity contribution in [2.45, 2.75) is 89.0 Å². The summed E-state index contributed by atoms with van der Waals surface area (Å²) in [5.74, 6) is 1.43. The first-order chi connectivity index (χ1) is 14.0. The first kappa shape index (κ1) is 21.8. The van der Waals surface area contributed by atoms with Gasteiger partial charge in [0.2, 0.25) is 5.89 Å². The maximum absolute atomic E-state index is 11.3. The highest BCUT2D eigenvalue weighted by molar-refractivity contribution is 7.97. The van der Waals surface area contributed by atoms with E-state index >= 15 is 0 Å². The number of hydrogen-bond acceptors (Lipinski definition) is 8. The van der Waals surface area contributed by atoms with Crippen LogP contribution in [0.4, 0.5) is 0 Å². The van der Waals surface area contributed by atoms with Gasteiger partial charge in [-0.05, 0) is 38.1 Å². The summed E-state index contributed by atoms with van der Waals surface area (Å²) < 4.78 is 13.7. The molecule has 0 aliphatic heterocycles. The Morgan fingerprint density at radius 3 is 2.72 bits per heavy atom. The van der Waals surface area contributed by atoms with Crippen LogP contribution < -0.4 is 4.72 Å². The van der Waals surface area contributed by atoms with Crippen molar-refractivity contribution in [3.63, 3.8) is 0 Å². The minimum Gasteiger partial charge on any atom is -0.481 e. The van der Waals surface area contributed by atoms with E-state index in [-0.39, 0.29) is 12.3 Å². The smallest absolute Gasteiger partial charge is 0.304 e. The Bertz CT molecular complexity index is 766. The van der Waals surface area contributed by atoms with Crippen molar-refractivity contribution in [3.05, 3.63) is 23.2 Å². The Labute approximate surface area is 175 Å². The third-order valence-corrected chi connectivity index (χ3v) is 6.59. The van der Waals surface area contributed by atoms with Crippen molar-refractivity contribution >= 4 is 17.9 Å². The zero-order valence-electron chi connectivity index (χ0n) is 17.1. The zero-order valence-corrected chi connectivity index (χ0v) is 18.0. The van der Waals surface area contributed by atoms with Gasteiger partial charge >= 0.3 is 5.97 Å². The lowest BCUT2D eigenvalue weighted by Crippen LogP contribution is -2.10. The summed E-state index contributed by atoms with van der Waals surface area (Å²) in [7, 11) is 0. The average molecular weight is 423 g/mol.